The van der Waals surface area contributed by atoms with Gasteiger partial charge in [0.05, 0.1) is 34.0 Å². The fourth-order valence-corrected chi connectivity index (χ4v) is 3.52. The van der Waals surface area contributed by atoms with E-state index in [1.807, 2.05) is 0 Å². The molecule has 1 heterocycles. The first kappa shape index (κ1) is 29.2. The molecule has 0 N–H and O–H groups in total. The highest BCUT2D eigenvalue weighted by atomic mass is 16.7. The molecule has 1 aromatic carbocycles. The van der Waals surface area contributed by atoms with Gasteiger partial charge >= 0.3 is 29.8 Å². The van der Waals surface area contributed by atoms with Crippen LogP contribution in [-0.4, -0.2) is 89.0 Å². The van der Waals surface area contributed by atoms with E-state index in [0.717, 1.165) is 27.9 Å². The average Bonchev–Trinajstić information content (AvgIpc) is 2.85. The summed E-state index contributed by atoms with van der Waals surface area (Å²) in [6.45, 7) is 3.19. The molecule has 0 aromatic heterocycles. The van der Waals surface area contributed by atoms with Crippen molar-refractivity contribution in [1.82, 2.24) is 0 Å². The lowest BCUT2D eigenvalue weighted by Crippen LogP contribution is -2.64. The average molecular weight is 528 g/mol. The highest BCUT2D eigenvalue weighted by molar-refractivity contribution is 5.91. The van der Waals surface area contributed by atoms with Gasteiger partial charge in [-0.2, -0.15) is 0 Å². The van der Waals surface area contributed by atoms with Gasteiger partial charge in [-0.25, -0.2) is 9.59 Å². The fourth-order valence-electron chi connectivity index (χ4n) is 3.52. The number of ether oxygens (including phenoxy) is 9. The first-order valence-corrected chi connectivity index (χ1v) is 10.7. The molecule has 0 bridgehead atoms. The molecule has 1 aromatic rings. The summed E-state index contributed by atoms with van der Waals surface area (Å²) in [6.07, 6.45) is -8.00. The molecule has 2 rings (SSSR count). The van der Waals surface area contributed by atoms with E-state index < -0.39 is 60.6 Å². The van der Waals surface area contributed by atoms with E-state index in [0.29, 0.717) is 0 Å². The van der Waals surface area contributed by atoms with Gasteiger partial charge in [-0.3, -0.25) is 14.4 Å². The van der Waals surface area contributed by atoms with Gasteiger partial charge in [0.2, 0.25) is 18.1 Å². The normalized spacial score (nSPS) is 22.6. The van der Waals surface area contributed by atoms with Gasteiger partial charge in [0.15, 0.2) is 29.8 Å². The summed E-state index contributed by atoms with van der Waals surface area (Å²) in [5.41, 5.74) is 0.0600. The molecular formula is C23H28O14. The van der Waals surface area contributed by atoms with Gasteiger partial charge in [-0.15, -0.1) is 0 Å². The highest BCUT2D eigenvalue weighted by Crippen LogP contribution is 2.41. The molecule has 0 unspecified atom stereocenters. The van der Waals surface area contributed by atoms with E-state index in [4.69, 9.17) is 42.6 Å². The summed E-state index contributed by atoms with van der Waals surface area (Å²) in [4.78, 5) is 60.3. The molecule has 1 aliphatic heterocycles. The number of methoxy groups -OCH3 is 4. The molecule has 5 atom stereocenters. The molecule has 0 aliphatic carbocycles. The van der Waals surface area contributed by atoms with Crippen molar-refractivity contribution in [2.45, 2.75) is 51.5 Å². The van der Waals surface area contributed by atoms with Crippen molar-refractivity contribution in [3.8, 4) is 17.2 Å². The number of carbonyl (C=O) groups is 5. The van der Waals surface area contributed by atoms with E-state index in [-0.39, 0.29) is 22.8 Å². The minimum atomic E-state index is -1.67. The van der Waals surface area contributed by atoms with Crippen molar-refractivity contribution in [3.05, 3.63) is 17.7 Å². The molecule has 1 aliphatic rings. The third-order valence-corrected chi connectivity index (χ3v) is 4.95. The van der Waals surface area contributed by atoms with E-state index in [1.165, 1.54) is 33.5 Å². The lowest BCUT2D eigenvalue weighted by molar-refractivity contribution is -0.282. The van der Waals surface area contributed by atoms with Crippen LogP contribution < -0.4 is 14.2 Å². The zero-order chi connectivity index (χ0) is 27.9. The van der Waals surface area contributed by atoms with Crippen LogP contribution in [0, 0.1) is 0 Å². The maximum Gasteiger partial charge on any atom is 0.339 e. The van der Waals surface area contributed by atoms with Gasteiger partial charge in [-0.1, -0.05) is 0 Å². The van der Waals surface area contributed by atoms with Crippen LogP contribution in [0.5, 0.6) is 17.2 Å². The third kappa shape index (κ3) is 7.00. The standard InChI is InChI=1S/C23H28O14/c1-10(24)33-17-18(34-11(2)25)20(35-12(3)26)23(37-19(17)22(28)32-7)36-16-14(29-4)8-13(21(27)31-6)9-15(16)30-5/h8-9,17-20,23H,1-7H3/t17-,18-,19-,20+,23+/m0/s1. The number of esters is 5. The topological polar surface area (TPSA) is 168 Å². The number of carbonyl (C=O) groups excluding carboxylic acids is 5. The third-order valence-electron chi connectivity index (χ3n) is 4.95. The molecule has 0 saturated carbocycles. The zero-order valence-corrected chi connectivity index (χ0v) is 21.3. The van der Waals surface area contributed by atoms with Crippen molar-refractivity contribution in [2.75, 3.05) is 28.4 Å². The maximum atomic E-state index is 12.6. The van der Waals surface area contributed by atoms with Crippen LogP contribution in [0.2, 0.25) is 0 Å². The number of hydrogen-bond acceptors (Lipinski definition) is 14. The van der Waals surface area contributed by atoms with Crippen LogP contribution in [0.1, 0.15) is 31.1 Å². The Hall–Kier alpha value is -4.07. The van der Waals surface area contributed by atoms with Gasteiger partial charge < -0.3 is 42.6 Å². The Bertz CT molecular complexity index is 1010. The predicted molar refractivity (Wildman–Crippen MR) is 119 cm³/mol. The van der Waals surface area contributed by atoms with Crippen molar-refractivity contribution < 1.29 is 66.6 Å². The second-order valence-electron chi connectivity index (χ2n) is 7.49. The molecule has 1 saturated heterocycles. The Morgan fingerprint density at radius 2 is 1.19 bits per heavy atom. The summed E-state index contributed by atoms with van der Waals surface area (Å²) < 4.78 is 47.6. The van der Waals surface area contributed by atoms with Crippen LogP contribution >= 0.6 is 0 Å². The molecule has 14 heteroatoms. The Balaban J connectivity index is 2.66. The van der Waals surface area contributed by atoms with Crippen LogP contribution in [0.25, 0.3) is 0 Å². The predicted octanol–water partition coefficient (Wildman–Crippen LogP) is 0.562. The zero-order valence-electron chi connectivity index (χ0n) is 21.3. The van der Waals surface area contributed by atoms with E-state index in [2.05, 4.69) is 0 Å². The van der Waals surface area contributed by atoms with Crippen LogP contribution in [0.4, 0.5) is 0 Å². The minimum absolute atomic E-state index is 0.0225. The molecule has 1 fully saturated rings. The fraction of sp³-hybridized carbons (Fsp3) is 0.522. The number of hydrogen-bond donors (Lipinski definition) is 0. The van der Waals surface area contributed by atoms with E-state index >= 15 is 0 Å². The van der Waals surface area contributed by atoms with E-state index in [9.17, 15) is 24.0 Å². The molecular weight excluding hydrogens is 500 g/mol. The van der Waals surface area contributed by atoms with Crippen molar-refractivity contribution in [3.63, 3.8) is 0 Å². The SMILES string of the molecule is COC(=O)c1cc(OC)c(O[C@@H]2O[C@H](C(=O)OC)[C@@H](OC(C)=O)[C@H](OC(C)=O)[C@H]2OC(C)=O)c(OC)c1. The van der Waals surface area contributed by atoms with Crippen LogP contribution in [0.3, 0.4) is 0 Å². The smallest absolute Gasteiger partial charge is 0.339 e. The molecule has 204 valence electrons. The summed E-state index contributed by atoms with van der Waals surface area (Å²) in [7, 11) is 4.81. The lowest BCUT2D eigenvalue weighted by atomic mass is 9.97. The van der Waals surface area contributed by atoms with Gasteiger partial charge in [0.1, 0.15) is 0 Å². The maximum absolute atomic E-state index is 12.6. The molecule has 0 amide bonds. The number of benzene rings is 1. The quantitative estimate of drug-likeness (QED) is 0.322. The Morgan fingerprint density at radius 3 is 1.62 bits per heavy atom. The van der Waals surface area contributed by atoms with Crippen molar-refractivity contribution >= 4 is 29.8 Å². The van der Waals surface area contributed by atoms with Crippen molar-refractivity contribution in [2.24, 2.45) is 0 Å². The second kappa shape index (κ2) is 12.8. The largest absolute Gasteiger partial charge is 0.493 e. The summed E-state index contributed by atoms with van der Waals surface area (Å²) in [6, 6.07) is 2.58. The Labute approximate surface area is 211 Å². The second-order valence-corrected chi connectivity index (χ2v) is 7.49. The minimum Gasteiger partial charge on any atom is -0.493 e. The molecule has 0 spiro atoms. The lowest BCUT2D eigenvalue weighted by Gasteiger charge is -2.43. The summed E-state index contributed by atoms with van der Waals surface area (Å²) >= 11 is 0. The highest BCUT2D eigenvalue weighted by Gasteiger charge is 2.56. The molecule has 0 radical (unpaired) electrons. The number of rotatable bonds is 9. The monoisotopic (exact) mass is 528 g/mol. The van der Waals surface area contributed by atoms with Crippen molar-refractivity contribution in [1.29, 1.82) is 0 Å². The molecule has 14 nitrogen and oxygen atoms in total. The summed E-state index contributed by atoms with van der Waals surface area (Å²) in [5, 5.41) is 0. The van der Waals surface area contributed by atoms with Gasteiger partial charge in [0.25, 0.3) is 0 Å². The first-order valence-electron chi connectivity index (χ1n) is 10.7. The molecule has 37 heavy (non-hydrogen) atoms. The van der Waals surface area contributed by atoms with Gasteiger partial charge in [0, 0.05) is 20.8 Å². The van der Waals surface area contributed by atoms with Crippen LogP contribution in [0.15, 0.2) is 12.1 Å². The summed E-state index contributed by atoms with van der Waals surface area (Å²) in [5.74, 6) is -4.40. The van der Waals surface area contributed by atoms with Gasteiger partial charge in [-0.05, 0) is 12.1 Å². The Morgan fingerprint density at radius 1 is 0.703 bits per heavy atom. The van der Waals surface area contributed by atoms with Crippen LogP contribution in [-0.2, 0) is 47.6 Å². The Kier molecular flexibility index (Phi) is 10.1. The van der Waals surface area contributed by atoms with E-state index in [1.54, 1.807) is 0 Å². The first-order chi connectivity index (χ1) is 17.5.